The molecule has 0 aromatic heterocycles. The fourth-order valence-electron chi connectivity index (χ4n) is 0.603. The molecule has 0 aliphatic heterocycles. The van der Waals surface area contributed by atoms with Crippen molar-refractivity contribution in [2.45, 2.75) is 0 Å². The van der Waals surface area contributed by atoms with Gasteiger partial charge in [0.05, 0.1) is 27.3 Å². The number of hydrogen-bond donors (Lipinski definition) is 0. The van der Waals surface area contributed by atoms with Gasteiger partial charge in [0.1, 0.15) is 6.16 Å². The first-order valence-corrected chi connectivity index (χ1v) is 5.28. The lowest BCUT2D eigenvalue weighted by molar-refractivity contribution is -0.124. The van der Waals surface area contributed by atoms with E-state index < -0.39 is 19.7 Å². The number of hydrogen-bond acceptors (Lipinski definition) is 4. The highest BCUT2D eigenvalue weighted by Gasteiger charge is 2.28. The summed E-state index contributed by atoms with van der Waals surface area (Å²) in [4.78, 5) is 11.3. The minimum Gasteiger partial charge on any atom is -0.328 e. The van der Waals surface area contributed by atoms with Gasteiger partial charge in [-0.3, -0.25) is 9.36 Å². The van der Waals surface area contributed by atoms with Crippen LogP contribution in [0.15, 0.2) is 0 Å². The van der Waals surface area contributed by atoms with Crippen molar-refractivity contribution >= 4 is 13.5 Å². The zero-order valence-electron chi connectivity index (χ0n) is 7.46. The maximum atomic E-state index is 11.6. The van der Waals surface area contributed by atoms with Crippen LogP contribution in [0.2, 0.25) is 0 Å². The van der Waals surface area contributed by atoms with Gasteiger partial charge in [0.2, 0.25) is 5.91 Å². The topological polar surface area (TPSA) is 55.8 Å². The van der Waals surface area contributed by atoms with E-state index in [2.05, 4.69) is 9.05 Å². The molecule has 6 heteroatoms. The van der Waals surface area contributed by atoms with Crippen molar-refractivity contribution in [1.29, 1.82) is 0 Å². The molecule has 76 valence electrons. The van der Waals surface area contributed by atoms with Crippen molar-refractivity contribution in [2.24, 2.45) is 0 Å². The Balaban J connectivity index is 4.36. The number of nitrogens with zero attached hydrogens (tertiary/aromatic N) is 1. The Labute approximate surface area is 84.9 Å². The van der Waals surface area contributed by atoms with E-state index in [0.29, 0.717) is 0 Å². The molecule has 0 spiro atoms. The average Bonchev–Trinajstić information content (AvgIpc) is 2.04. The summed E-state index contributed by atoms with van der Waals surface area (Å²) in [6.45, 7) is 9.27. The monoisotopic (exact) mass is 215 g/mol. The minimum absolute atomic E-state index is 0.284. The number of rotatable bonds is 6. The van der Waals surface area contributed by atoms with Gasteiger partial charge in [-0.2, -0.15) is 0 Å². The Morgan fingerprint density at radius 2 is 1.64 bits per heavy atom. The molecule has 5 nitrogen and oxygen atoms in total. The largest absolute Gasteiger partial charge is 0.340 e. The van der Waals surface area contributed by atoms with Crippen LogP contribution in [0.25, 0.3) is 0 Å². The lowest BCUT2D eigenvalue weighted by atomic mass is 10.6. The third-order valence-electron chi connectivity index (χ3n) is 1.16. The van der Waals surface area contributed by atoms with E-state index in [1.54, 1.807) is 0 Å². The third-order valence-corrected chi connectivity index (χ3v) is 2.90. The average molecular weight is 215 g/mol. The zero-order chi connectivity index (χ0) is 11.2. The lowest BCUT2D eigenvalue weighted by Crippen LogP contribution is -2.22. The Hall–Kier alpha value is -0.380. The molecular formula is C8H10NO4P. The van der Waals surface area contributed by atoms with Gasteiger partial charge in [0.25, 0.3) is 0 Å². The molecule has 0 N–H and O–H groups in total. The van der Waals surface area contributed by atoms with Gasteiger partial charge < -0.3 is 13.9 Å². The predicted octanol–water partition coefficient (Wildman–Crippen LogP) is 0.801. The highest BCUT2D eigenvalue weighted by atomic mass is 31.2. The first kappa shape index (κ1) is 13.6. The molecule has 0 saturated heterocycles. The fraction of sp³-hybridized carbons (Fsp3) is 0.375. The third kappa shape index (κ3) is 4.74. The summed E-state index contributed by atoms with van der Waals surface area (Å²) in [5.74, 6) is -0.810. The molecule has 0 rings (SSSR count). The van der Waals surface area contributed by atoms with E-state index in [1.807, 2.05) is 0 Å². The van der Waals surface area contributed by atoms with Gasteiger partial charge in [0, 0.05) is 0 Å². The molecule has 1 amide bonds. The van der Waals surface area contributed by atoms with Crippen molar-refractivity contribution in [3.05, 3.63) is 27.9 Å². The van der Waals surface area contributed by atoms with Crippen molar-refractivity contribution in [1.82, 2.24) is 4.90 Å². The standard InChI is InChI=1S/C8H10NO4P/c1-5-12-14(11,13-6-2)7-8(10)9(3)4/h1-4H,5-7H2. The van der Waals surface area contributed by atoms with Crippen LogP contribution in [0.4, 0.5) is 0 Å². The summed E-state index contributed by atoms with van der Waals surface area (Å²) >= 11 is 0. The molecule has 14 heavy (non-hydrogen) atoms. The smallest absolute Gasteiger partial charge is 0.328 e. The summed E-state index contributed by atoms with van der Waals surface area (Å²) in [6, 6.07) is 0. The maximum Gasteiger partial charge on any atom is 0.340 e. The number of carbonyl (C=O) groups is 1. The first-order chi connectivity index (χ1) is 6.45. The van der Waals surface area contributed by atoms with Gasteiger partial charge in [-0.1, -0.05) is 0 Å². The van der Waals surface area contributed by atoms with Crippen molar-refractivity contribution in [3.63, 3.8) is 0 Å². The van der Waals surface area contributed by atoms with Crippen molar-refractivity contribution < 1.29 is 18.4 Å². The van der Waals surface area contributed by atoms with E-state index >= 15 is 0 Å². The van der Waals surface area contributed by atoms with Crippen LogP contribution in [-0.4, -0.2) is 30.2 Å². The zero-order valence-corrected chi connectivity index (χ0v) is 8.35. The fourth-order valence-corrected chi connectivity index (χ4v) is 1.81. The number of amides is 1. The van der Waals surface area contributed by atoms with Gasteiger partial charge in [-0.15, -0.1) is 0 Å². The van der Waals surface area contributed by atoms with E-state index in [-0.39, 0.29) is 18.1 Å². The SMILES string of the molecule is [CH]COP(=O)(CC(=O)N([CH])[CH])OC[CH]. The molecule has 0 atom stereocenters. The van der Waals surface area contributed by atoms with Gasteiger partial charge in [0.15, 0.2) is 0 Å². The Bertz CT molecular complexity index is 219. The Kier molecular flexibility index (Phi) is 6.00. The summed E-state index contributed by atoms with van der Waals surface area (Å²) in [5, 5.41) is 0. The molecule has 0 aliphatic rings. The highest BCUT2D eigenvalue weighted by Crippen LogP contribution is 2.47. The van der Waals surface area contributed by atoms with Gasteiger partial charge >= 0.3 is 7.60 Å². The molecule has 0 unspecified atom stereocenters. The van der Waals surface area contributed by atoms with Crippen LogP contribution >= 0.6 is 7.60 Å². The van der Waals surface area contributed by atoms with E-state index in [1.165, 1.54) is 0 Å². The van der Waals surface area contributed by atoms with Crippen LogP contribution < -0.4 is 0 Å². The van der Waals surface area contributed by atoms with E-state index in [9.17, 15) is 9.36 Å². The molecule has 0 fully saturated rings. The van der Waals surface area contributed by atoms with E-state index in [4.69, 9.17) is 27.9 Å². The molecular weight excluding hydrogens is 205 g/mol. The minimum atomic E-state index is -3.63. The molecule has 0 aliphatic carbocycles. The summed E-state index contributed by atoms with van der Waals surface area (Å²) < 4.78 is 20.7. The summed E-state index contributed by atoms with van der Waals surface area (Å²) in [5.41, 5.74) is 0. The Morgan fingerprint density at radius 3 is 1.93 bits per heavy atom. The molecule has 0 aromatic carbocycles. The van der Waals surface area contributed by atoms with E-state index in [0.717, 1.165) is 0 Å². The molecule has 0 bridgehead atoms. The summed E-state index contributed by atoms with van der Waals surface area (Å²) in [7, 11) is 6.17. The van der Waals surface area contributed by atoms with Crippen molar-refractivity contribution in [3.8, 4) is 0 Å². The second kappa shape index (κ2) is 6.17. The van der Waals surface area contributed by atoms with Crippen LogP contribution in [0.1, 0.15) is 0 Å². The second-order valence-electron chi connectivity index (χ2n) is 2.16. The van der Waals surface area contributed by atoms with Gasteiger partial charge in [-0.05, 0) is 13.8 Å². The predicted molar refractivity (Wildman–Crippen MR) is 48.4 cm³/mol. The van der Waals surface area contributed by atoms with Crippen LogP contribution in [0.5, 0.6) is 0 Å². The van der Waals surface area contributed by atoms with Crippen LogP contribution in [0.3, 0.4) is 0 Å². The Morgan fingerprint density at radius 1 is 1.21 bits per heavy atom. The highest BCUT2D eigenvalue weighted by molar-refractivity contribution is 7.54. The number of carbonyl (C=O) groups excluding carboxylic acids is 1. The molecule has 8 radical (unpaired) electrons. The van der Waals surface area contributed by atoms with Crippen LogP contribution in [-0.2, 0) is 18.4 Å². The van der Waals surface area contributed by atoms with Crippen molar-refractivity contribution in [2.75, 3.05) is 19.4 Å². The molecule has 0 saturated carbocycles. The van der Waals surface area contributed by atoms with Gasteiger partial charge in [-0.25, -0.2) is 0 Å². The van der Waals surface area contributed by atoms with Crippen LogP contribution in [0, 0.1) is 27.9 Å². The normalized spacial score (nSPS) is 11.4. The molecule has 0 heterocycles. The second-order valence-corrected chi connectivity index (χ2v) is 4.22. The molecule has 0 aromatic rings. The maximum absolute atomic E-state index is 11.6. The first-order valence-electron chi connectivity index (χ1n) is 3.56. The quantitative estimate of drug-likeness (QED) is 0.485. The summed E-state index contributed by atoms with van der Waals surface area (Å²) in [6.07, 6.45) is -0.603. The lowest BCUT2D eigenvalue weighted by Gasteiger charge is -2.17.